The van der Waals surface area contributed by atoms with Crippen LogP contribution in [-0.4, -0.2) is 50.8 Å². The predicted molar refractivity (Wildman–Crippen MR) is 120 cm³/mol. The number of benzene rings is 1. The molecule has 164 valence electrons. The Morgan fingerprint density at radius 3 is 2.45 bits per heavy atom. The molecule has 2 aromatic heterocycles. The van der Waals surface area contributed by atoms with Crippen LogP contribution in [0.4, 0.5) is 16.0 Å². The molecule has 2 N–H and O–H groups in total. The third kappa shape index (κ3) is 4.29. The summed E-state index contributed by atoms with van der Waals surface area (Å²) in [6.07, 6.45) is 9.94. The van der Waals surface area contributed by atoms with Crippen LogP contribution in [-0.2, 0) is 0 Å². The first kappa shape index (κ1) is 20.4. The highest BCUT2D eigenvalue weighted by molar-refractivity contribution is 5.82. The van der Waals surface area contributed by atoms with E-state index in [4.69, 9.17) is 4.98 Å². The Kier molecular flexibility index (Phi) is 5.63. The minimum Gasteiger partial charge on any atom is -0.393 e. The molecular formula is C24H30FN5O. The van der Waals surface area contributed by atoms with E-state index in [2.05, 4.69) is 33.0 Å². The molecule has 0 atom stereocenters. The lowest BCUT2D eigenvalue weighted by Gasteiger charge is -2.29. The lowest BCUT2D eigenvalue weighted by Crippen LogP contribution is -2.29. The van der Waals surface area contributed by atoms with Crippen LogP contribution in [0.1, 0.15) is 56.0 Å². The monoisotopic (exact) mass is 423 g/mol. The molecule has 7 heteroatoms. The molecular weight excluding hydrogens is 393 g/mol. The molecule has 6 nitrogen and oxygen atoms in total. The maximum absolute atomic E-state index is 13.2. The second-order valence-corrected chi connectivity index (χ2v) is 9.09. The third-order valence-electron chi connectivity index (χ3n) is 6.92. The second kappa shape index (κ2) is 8.55. The number of rotatable bonds is 4. The highest BCUT2D eigenvalue weighted by Crippen LogP contribution is 2.38. The lowest BCUT2D eigenvalue weighted by atomic mass is 9.90. The molecule has 0 spiro atoms. The molecule has 1 aromatic carbocycles. The maximum Gasteiger partial charge on any atom is 0.229 e. The highest BCUT2D eigenvalue weighted by atomic mass is 19.1. The van der Waals surface area contributed by atoms with E-state index in [1.165, 1.54) is 17.7 Å². The fourth-order valence-corrected chi connectivity index (χ4v) is 5.04. The minimum atomic E-state index is -0.266. The van der Waals surface area contributed by atoms with E-state index in [1.54, 1.807) is 12.1 Å². The van der Waals surface area contributed by atoms with Crippen molar-refractivity contribution in [3.63, 3.8) is 0 Å². The number of fused-ring (bicyclic) bond motifs is 1. The van der Waals surface area contributed by atoms with Crippen LogP contribution in [0.2, 0.25) is 0 Å². The molecule has 2 fully saturated rings. The molecule has 0 radical (unpaired) electrons. The fraction of sp³-hybridized carbons (Fsp3) is 0.500. The van der Waals surface area contributed by atoms with Crippen LogP contribution in [0, 0.1) is 5.82 Å². The van der Waals surface area contributed by atoms with Gasteiger partial charge >= 0.3 is 0 Å². The first-order valence-corrected chi connectivity index (χ1v) is 11.3. The summed E-state index contributed by atoms with van der Waals surface area (Å²) in [4.78, 5) is 11.9. The van der Waals surface area contributed by atoms with Gasteiger partial charge in [-0.1, -0.05) is 0 Å². The van der Waals surface area contributed by atoms with Crippen LogP contribution in [0.5, 0.6) is 0 Å². The Labute approximate surface area is 182 Å². The van der Waals surface area contributed by atoms with Gasteiger partial charge in [0.25, 0.3) is 0 Å². The average molecular weight is 424 g/mol. The number of aliphatic hydroxyl groups excluding tert-OH is 1. The van der Waals surface area contributed by atoms with Crippen molar-refractivity contribution in [2.45, 2.75) is 56.6 Å². The topological polar surface area (TPSA) is 66.2 Å². The summed E-state index contributed by atoms with van der Waals surface area (Å²) in [6.45, 7) is 2.22. The predicted octanol–water partition coefficient (Wildman–Crippen LogP) is 4.60. The van der Waals surface area contributed by atoms with E-state index in [0.29, 0.717) is 17.9 Å². The van der Waals surface area contributed by atoms with E-state index >= 15 is 0 Å². The molecule has 1 aliphatic carbocycles. The molecule has 2 aliphatic rings. The number of hydrogen-bond acceptors (Lipinski definition) is 5. The number of nitrogens with zero attached hydrogens (tertiary/aromatic N) is 4. The van der Waals surface area contributed by atoms with Gasteiger partial charge in [0, 0.05) is 29.5 Å². The third-order valence-corrected chi connectivity index (χ3v) is 6.92. The molecule has 5 rings (SSSR count). The molecule has 0 unspecified atom stereocenters. The zero-order valence-corrected chi connectivity index (χ0v) is 18.0. The summed E-state index contributed by atoms with van der Waals surface area (Å²) in [5.41, 5.74) is 3.06. The Bertz CT molecular complexity index is 1030. The highest BCUT2D eigenvalue weighted by Gasteiger charge is 2.27. The Morgan fingerprint density at radius 2 is 1.74 bits per heavy atom. The molecule has 1 saturated heterocycles. The van der Waals surface area contributed by atoms with Gasteiger partial charge in [-0.2, -0.15) is 4.98 Å². The smallest absolute Gasteiger partial charge is 0.229 e. The summed E-state index contributed by atoms with van der Waals surface area (Å²) < 4.78 is 15.6. The standard InChI is InChI=1S/C24H30FN5O/c1-29-12-10-16(11-13-29)22-15-30(19-6-8-20(31)9-7-19)23-21(22)14-26-24(28-23)27-18-4-2-17(25)3-5-18/h2-5,14-16,19-20,31H,6-13H2,1H3,(H,26,27,28). The fourth-order valence-electron chi connectivity index (χ4n) is 5.04. The van der Waals surface area contributed by atoms with Crippen molar-refractivity contribution in [3.05, 3.63) is 48.0 Å². The number of likely N-dealkylation sites (tertiary alicyclic amines) is 1. The maximum atomic E-state index is 13.2. The first-order valence-electron chi connectivity index (χ1n) is 11.3. The lowest BCUT2D eigenvalue weighted by molar-refractivity contribution is 0.111. The number of halogens is 1. The molecule has 3 heterocycles. The first-order chi connectivity index (χ1) is 15.1. The van der Waals surface area contributed by atoms with Crippen molar-refractivity contribution in [1.29, 1.82) is 0 Å². The summed E-state index contributed by atoms with van der Waals surface area (Å²) >= 11 is 0. The van der Waals surface area contributed by atoms with Crippen molar-refractivity contribution >= 4 is 22.7 Å². The number of piperidine rings is 1. The SMILES string of the molecule is CN1CCC(c2cn(C3CCC(O)CC3)c3nc(Nc4ccc(F)cc4)ncc23)CC1. The number of hydrogen-bond donors (Lipinski definition) is 2. The Balaban J connectivity index is 1.51. The molecule has 1 saturated carbocycles. The quantitative estimate of drug-likeness (QED) is 0.642. The van der Waals surface area contributed by atoms with E-state index in [1.807, 2.05) is 6.20 Å². The zero-order valence-electron chi connectivity index (χ0n) is 18.0. The zero-order chi connectivity index (χ0) is 21.4. The van der Waals surface area contributed by atoms with Gasteiger partial charge in [0.05, 0.1) is 6.10 Å². The average Bonchev–Trinajstić information content (AvgIpc) is 3.15. The number of anilines is 2. The van der Waals surface area contributed by atoms with Gasteiger partial charge in [-0.3, -0.25) is 0 Å². The van der Waals surface area contributed by atoms with Gasteiger partial charge in [-0.05, 0) is 94.4 Å². The number of nitrogens with one attached hydrogen (secondary N) is 1. The van der Waals surface area contributed by atoms with Crippen molar-refractivity contribution in [2.24, 2.45) is 0 Å². The van der Waals surface area contributed by atoms with Crippen LogP contribution in [0.15, 0.2) is 36.7 Å². The van der Waals surface area contributed by atoms with Crippen LogP contribution in [0.25, 0.3) is 11.0 Å². The van der Waals surface area contributed by atoms with E-state index in [0.717, 1.165) is 68.3 Å². The van der Waals surface area contributed by atoms with Crippen molar-refractivity contribution in [3.8, 4) is 0 Å². The van der Waals surface area contributed by atoms with E-state index < -0.39 is 0 Å². The van der Waals surface area contributed by atoms with Gasteiger partial charge < -0.3 is 19.9 Å². The molecule has 3 aromatic rings. The van der Waals surface area contributed by atoms with Gasteiger partial charge in [-0.15, -0.1) is 0 Å². The second-order valence-electron chi connectivity index (χ2n) is 9.09. The molecule has 0 amide bonds. The summed E-state index contributed by atoms with van der Waals surface area (Å²) in [7, 11) is 2.18. The summed E-state index contributed by atoms with van der Waals surface area (Å²) in [5.74, 6) is 0.774. The summed E-state index contributed by atoms with van der Waals surface area (Å²) in [5, 5.41) is 14.3. The van der Waals surface area contributed by atoms with Gasteiger partial charge in [0.2, 0.25) is 5.95 Å². The van der Waals surface area contributed by atoms with Crippen LogP contribution >= 0.6 is 0 Å². The van der Waals surface area contributed by atoms with Crippen LogP contribution in [0.3, 0.4) is 0 Å². The number of aromatic nitrogens is 3. The van der Waals surface area contributed by atoms with Crippen molar-refractivity contribution in [2.75, 3.05) is 25.5 Å². The van der Waals surface area contributed by atoms with Gasteiger partial charge in [0.1, 0.15) is 11.5 Å². The van der Waals surface area contributed by atoms with E-state index in [9.17, 15) is 9.50 Å². The normalized spacial score (nSPS) is 23.3. The van der Waals surface area contributed by atoms with Crippen molar-refractivity contribution in [1.82, 2.24) is 19.4 Å². The largest absolute Gasteiger partial charge is 0.393 e. The number of aliphatic hydroxyl groups is 1. The molecule has 31 heavy (non-hydrogen) atoms. The summed E-state index contributed by atoms with van der Waals surface area (Å²) in [6, 6.07) is 6.58. The van der Waals surface area contributed by atoms with Crippen molar-refractivity contribution < 1.29 is 9.50 Å². The minimum absolute atomic E-state index is 0.184. The Morgan fingerprint density at radius 1 is 1.03 bits per heavy atom. The molecule has 1 aliphatic heterocycles. The van der Waals surface area contributed by atoms with E-state index in [-0.39, 0.29) is 11.9 Å². The van der Waals surface area contributed by atoms with Crippen LogP contribution < -0.4 is 5.32 Å². The molecule has 0 bridgehead atoms. The van der Waals surface area contributed by atoms with Gasteiger partial charge in [-0.25, -0.2) is 9.37 Å². The van der Waals surface area contributed by atoms with Gasteiger partial charge in [0.15, 0.2) is 0 Å². The Hall–Kier alpha value is -2.51.